The summed E-state index contributed by atoms with van der Waals surface area (Å²) in [6, 6.07) is 8.83. The van der Waals surface area contributed by atoms with Crippen molar-refractivity contribution in [2.75, 3.05) is 12.4 Å². The van der Waals surface area contributed by atoms with E-state index in [1.807, 2.05) is 7.05 Å². The smallest absolute Gasteiger partial charge is 0.161 e. The quantitative estimate of drug-likeness (QED) is 0.778. The van der Waals surface area contributed by atoms with Crippen LogP contribution in [0.4, 0.5) is 5.82 Å². The Labute approximate surface area is 138 Å². The summed E-state index contributed by atoms with van der Waals surface area (Å²) in [6.07, 6.45) is 5.21. The molecule has 0 amide bonds. The zero-order valence-corrected chi connectivity index (χ0v) is 14.2. The first kappa shape index (κ1) is 13.5. The summed E-state index contributed by atoms with van der Waals surface area (Å²) in [4.78, 5) is 9.54. The molecular weight excluding hydrogens is 373 g/mol. The summed E-state index contributed by atoms with van der Waals surface area (Å²) in [6.45, 7) is 0. The monoisotopic (exact) mass is 391 g/mol. The van der Waals surface area contributed by atoms with Crippen molar-refractivity contribution < 1.29 is 0 Å². The van der Waals surface area contributed by atoms with E-state index in [1.54, 1.807) is 0 Å². The second kappa shape index (κ2) is 5.23. The highest BCUT2D eigenvalue weighted by molar-refractivity contribution is 14.1. The molecule has 1 aromatic heterocycles. The molecule has 2 aliphatic carbocycles. The van der Waals surface area contributed by atoms with Gasteiger partial charge >= 0.3 is 0 Å². The molecule has 1 N–H and O–H groups in total. The molecule has 0 saturated heterocycles. The van der Waals surface area contributed by atoms with E-state index in [2.05, 4.69) is 52.2 Å². The Kier molecular flexibility index (Phi) is 3.36. The third-order valence-corrected chi connectivity index (χ3v) is 5.36. The Balaban J connectivity index is 1.74. The van der Waals surface area contributed by atoms with Crippen LogP contribution in [-0.4, -0.2) is 17.0 Å². The lowest BCUT2D eigenvalue weighted by Crippen LogP contribution is -2.04. The number of halogens is 1. The van der Waals surface area contributed by atoms with Crippen LogP contribution >= 0.6 is 22.6 Å². The van der Waals surface area contributed by atoms with E-state index in [0.29, 0.717) is 5.92 Å². The second-order valence-electron chi connectivity index (χ2n) is 6.02. The fraction of sp³-hybridized carbons (Fsp3) is 0.412. The van der Waals surface area contributed by atoms with Gasteiger partial charge in [0.1, 0.15) is 5.82 Å². The summed E-state index contributed by atoms with van der Waals surface area (Å²) in [7, 11) is 1.93. The van der Waals surface area contributed by atoms with Crippen molar-refractivity contribution in [1.29, 1.82) is 0 Å². The van der Waals surface area contributed by atoms with Crippen molar-refractivity contribution in [3.05, 3.63) is 39.1 Å². The van der Waals surface area contributed by atoms with E-state index < -0.39 is 0 Å². The molecule has 2 fully saturated rings. The van der Waals surface area contributed by atoms with E-state index in [-0.39, 0.29) is 0 Å². The molecule has 2 aliphatic rings. The summed E-state index contributed by atoms with van der Waals surface area (Å²) < 4.78 is 1.18. The van der Waals surface area contributed by atoms with E-state index >= 15 is 0 Å². The van der Waals surface area contributed by atoms with Crippen LogP contribution in [0.5, 0.6) is 0 Å². The number of hydrogen-bond acceptors (Lipinski definition) is 3. The van der Waals surface area contributed by atoms with Gasteiger partial charge in [-0.15, -0.1) is 0 Å². The van der Waals surface area contributed by atoms with Gasteiger partial charge in [-0.25, -0.2) is 9.97 Å². The molecule has 108 valence electrons. The molecule has 21 heavy (non-hydrogen) atoms. The molecule has 3 nitrogen and oxygen atoms in total. The number of nitrogens with one attached hydrogen (secondary N) is 1. The van der Waals surface area contributed by atoms with Crippen LogP contribution in [0, 0.1) is 3.57 Å². The predicted octanol–water partition coefficient (Wildman–Crippen LogP) is 4.54. The summed E-state index contributed by atoms with van der Waals surface area (Å²) in [5, 5.41) is 3.21. The van der Waals surface area contributed by atoms with Crippen LogP contribution < -0.4 is 5.32 Å². The van der Waals surface area contributed by atoms with Crippen molar-refractivity contribution in [3.8, 4) is 11.4 Å². The molecule has 2 aromatic rings. The van der Waals surface area contributed by atoms with Gasteiger partial charge in [0.25, 0.3) is 0 Å². The van der Waals surface area contributed by atoms with Gasteiger partial charge in [0.05, 0.1) is 9.26 Å². The Morgan fingerprint density at radius 1 is 1.00 bits per heavy atom. The fourth-order valence-corrected chi connectivity index (χ4v) is 3.66. The standard InChI is InChI=1S/C17H18IN3/c1-19-17-14(18)15(12-6-7-12)20-16(21-17)13-8-4-11(5-9-13)10-2-3-10/h4-5,8-10,12H,2-3,6-7H2,1H3,(H,19,20,21). The minimum absolute atomic E-state index is 0.636. The van der Waals surface area contributed by atoms with Gasteiger partial charge in [0.15, 0.2) is 5.82 Å². The van der Waals surface area contributed by atoms with Crippen molar-refractivity contribution in [3.63, 3.8) is 0 Å². The third kappa shape index (κ3) is 2.65. The van der Waals surface area contributed by atoms with Crippen LogP contribution in [0.1, 0.15) is 48.8 Å². The van der Waals surface area contributed by atoms with E-state index in [4.69, 9.17) is 9.97 Å². The number of anilines is 1. The van der Waals surface area contributed by atoms with Crippen molar-refractivity contribution >= 4 is 28.4 Å². The largest absolute Gasteiger partial charge is 0.372 e. The highest BCUT2D eigenvalue weighted by Gasteiger charge is 2.29. The molecular formula is C17H18IN3. The van der Waals surface area contributed by atoms with Gasteiger partial charge in [-0.1, -0.05) is 24.3 Å². The first-order valence-electron chi connectivity index (χ1n) is 7.62. The minimum atomic E-state index is 0.636. The summed E-state index contributed by atoms with van der Waals surface area (Å²) in [5.74, 6) is 3.24. The Morgan fingerprint density at radius 3 is 2.24 bits per heavy atom. The minimum Gasteiger partial charge on any atom is -0.372 e. The number of aromatic nitrogens is 2. The number of benzene rings is 1. The number of hydrogen-bond donors (Lipinski definition) is 1. The Hall–Kier alpha value is -1.17. The summed E-state index contributed by atoms with van der Waals surface area (Å²) in [5.41, 5.74) is 3.80. The molecule has 4 rings (SSSR count). The first-order chi connectivity index (χ1) is 10.3. The normalized spacial score (nSPS) is 17.8. The van der Waals surface area contributed by atoms with Gasteiger partial charge in [-0.05, 0) is 59.8 Å². The van der Waals surface area contributed by atoms with Gasteiger partial charge in [-0.2, -0.15) is 0 Å². The number of rotatable bonds is 4. The van der Waals surface area contributed by atoms with Crippen LogP contribution in [0.2, 0.25) is 0 Å². The van der Waals surface area contributed by atoms with E-state index in [9.17, 15) is 0 Å². The molecule has 4 heteroatoms. The Morgan fingerprint density at radius 2 is 1.67 bits per heavy atom. The number of nitrogens with zero attached hydrogens (tertiary/aromatic N) is 2. The molecule has 1 heterocycles. The third-order valence-electron chi connectivity index (χ3n) is 4.30. The van der Waals surface area contributed by atoms with E-state index in [0.717, 1.165) is 23.1 Å². The predicted molar refractivity (Wildman–Crippen MR) is 93.7 cm³/mol. The molecule has 1 aromatic carbocycles. The maximum atomic E-state index is 4.84. The summed E-state index contributed by atoms with van der Waals surface area (Å²) >= 11 is 2.37. The van der Waals surface area contributed by atoms with Crippen LogP contribution in [0.15, 0.2) is 24.3 Å². The molecule has 0 unspecified atom stereocenters. The highest BCUT2D eigenvalue weighted by atomic mass is 127. The molecule has 0 radical (unpaired) electrons. The second-order valence-corrected chi connectivity index (χ2v) is 7.09. The van der Waals surface area contributed by atoms with Gasteiger partial charge in [-0.3, -0.25) is 0 Å². The van der Waals surface area contributed by atoms with Gasteiger partial charge in [0, 0.05) is 18.5 Å². The van der Waals surface area contributed by atoms with Crippen molar-refractivity contribution in [2.24, 2.45) is 0 Å². The topological polar surface area (TPSA) is 37.8 Å². The maximum Gasteiger partial charge on any atom is 0.161 e. The fourth-order valence-electron chi connectivity index (χ4n) is 2.71. The zero-order valence-electron chi connectivity index (χ0n) is 12.1. The molecule has 0 aliphatic heterocycles. The average molecular weight is 391 g/mol. The lowest BCUT2D eigenvalue weighted by molar-refractivity contribution is 0.978. The van der Waals surface area contributed by atoms with Crippen molar-refractivity contribution in [2.45, 2.75) is 37.5 Å². The van der Waals surface area contributed by atoms with Crippen LogP contribution in [0.3, 0.4) is 0 Å². The highest BCUT2D eigenvalue weighted by Crippen LogP contribution is 2.43. The molecule has 2 saturated carbocycles. The van der Waals surface area contributed by atoms with Gasteiger partial charge in [0.2, 0.25) is 0 Å². The first-order valence-corrected chi connectivity index (χ1v) is 8.69. The van der Waals surface area contributed by atoms with Crippen molar-refractivity contribution in [1.82, 2.24) is 9.97 Å². The Bertz CT molecular complexity index is 673. The SMILES string of the molecule is CNc1nc(-c2ccc(C3CC3)cc2)nc(C2CC2)c1I. The lowest BCUT2D eigenvalue weighted by atomic mass is 10.1. The van der Waals surface area contributed by atoms with Gasteiger partial charge < -0.3 is 5.32 Å². The van der Waals surface area contributed by atoms with E-state index in [1.165, 1.54) is 40.5 Å². The zero-order chi connectivity index (χ0) is 14.4. The average Bonchev–Trinajstić information content (AvgIpc) is 3.40. The molecule has 0 bridgehead atoms. The van der Waals surface area contributed by atoms with Crippen LogP contribution in [0.25, 0.3) is 11.4 Å². The molecule has 0 atom stereocenters. The lowest BCUT2D eigenvalue weighted by Gasteiger charge is -2.11. The van der Waals surface area contributed by atoms with Crippen LogP contribution in [-0.2, 0) is 0 Å². The maximum absolute atomic E-state index is 4.84. The molecule has 0 spiro atoms.